The first-order valence-electron chi connectivity index (χ1n) is 7.95. The first-order valence-corrected chi connectivity index (χ1v) is 7.95. The van der Waals surface area contributed by atoms with E-state index in [1.54, 1.807) is 4.90 Å². The molecular formula is C18H31N3O. The first-order chi connectivity index (χ1) is 10.2. The summed E-state index contributed by atoms with van der Waals surface area (Å²) in [6.45, 7) is 7.90. The fourth-order valence-corrected chi connectivity index (χ4v) is 2.33. The summed E-state index contributed by atoms with van der Waals surface area (Å²) in [6, 6.07) is 6.15. The fourth-order valence-electron chi connectivity index (χ4n) is 2.33. The molecule has 0 radical (unpaired) electrons. The molecule has 1 aromatic carbocycles. The van der Waals surface area contributed by atoms with Crippen molar-refractivity contribution >= 4 is 17.3 Å². The Kier molecular flexibility index (Phi) is 6.88. The van der Waals surface area contributed by atoms with Crippen LogP contribution in [0.5, 0.6) is 0 Å². The second kappa shape index (κ2) is 8.18. The van der Waals surface area contributed by atoms with E-state index in [0.29, 0.717) is 12.5 Å². The van der Waals surface area contributed by atoms with E-state index in [1.807, 2.05) is 34.3 Å². The largest absolute Gasteiger partial charge is 0.377 e. The third-order valence-electron chi connectivity index (χ3n) is 3.93. The van der Waals surface area contributed by atoms with Crippen molar-refractivity contribution in [1.29, 1.82) is 0 Å². The zero-order valence-corrected chi connectivity index (χ0v) is 15.2. The summed E-state index contributed by atoms with van der Waals surface area (Å²) >= 11 is 0. The van der Waals surface area contributed by atoms with Gasteiger partial charge in [0.15, 0.2) is 0 Å². The van der Waals surface area contributed by atoms with Crippen molar-refractivity contribution in [3.8, 4) is 0 Å². The molecule has 0 aliphatic rings. The van der Waals surface area contributed by atoms with E-state index in [0.717, 1.165) is 24.3 Å². The predicted molar refractivity (Wildman–Crippen MR) is 95.9 cm³/mol. The van der Waals surface area contributed by atoms with Crippen LogP contribution in [0.1, 0.15) is 25.8 Å². The quantitative estimate of drug-likeness (QED) is 0.775. The van der Waals surface area contributed by atoms with Crippen molar-refractivity contribution in [2.24, 2.45) is 5.92 Å². The minimum Gasteiger partial charge on any atom is -0.377 e. The average molecular weight is 305 g/mol. The van der Waals surface area contributed by atoms with Crippen LogP contribution >= 0.6 is 0 Å². The van der Waals surface area contributed by atoms with Crippen LogP contribution in [-0.2, 0) is 4.79 Å². The van der Waals surface area contributed by atoms with Crippen LogP contribution < -0.4 is 9.80 Å². The van der Waals surface area contributed by atoms with Gasteiger partial charge in [0.25, 0.3) is 0 Å². The predicted octanol–water partition coefficient (Wildman–Crippen LogP) is 3.00. The Bertz CT molecular complexity index is 497. The number of hydrogen-bond donors (Lipinski definition) is 0. The molecule has 1 rings (SSSR count). The Hall–Kier alpha value is -1.55. The Balaban J connectivity index is 2.72. The van der Waals surface area contributed by atoms with Gasteiger partial charge in [-0.1, -0.05) is 19.9 Å². The molecule has 0 aliphatic heterocycles. The number of rotatable bonds is 7. The van der Waals surface area contributed by atoms with Crippen molar-refractivity contribution in [2.75, 3.05) is 51.1 Å². The molecule has 1 amide bonds. The third-order valence-corrected chi connectivity index (χ3v) is 3.93. The van der Waals surface area contributed by atoms with E-state index in [1.165, 1.54) is 5.56 Å². The standard InChI is InChI=1S/C18H31N3O/c1-14(2)10-11-20(6)13-18(22)21(7)16-9-8-15(3)17(12-16)19(4)5/h8-9,12,14H,10-11,13H2,1-7H3. The number of anilines is 2. The highest BCUT2D eigenvalue weighted by atomic mass is 16.2. The topological polar surface area (TPSA) is 26.8 Å². The van der Waals surface area contributed by atoms with Crippen molar-refractivity contribution < 1.29 is 4.79 Å². The molecule has 0 N–H and O–H groups in total. The maximum Gasteiger partial charge on any atom is 0.240 e. The number of carbonyl (C=O) groups excluding carboxylic acids is 1. The molecule has 0 heterocycles. The van der Waals surface area contributed by atoms with Crippen molar-refractivity contribution in [1.82, 2.24) is 4.90 Å². The zero-order chi connectivity index (χ0) is 16.9. The van der Waals surface area contributed by atoms with Crippen LogP contribution in [0.25, 0.3) is 0 Å². The van der Waals surface area contributed by atoms with Gasteiger partial charge in [0.05, 0.1) is 6.54 Å². The minimum absolute atomic E-state index is 0.125. The van der Waals surface area contributed by atoms with Crippen LogP contribution in [0.15, 0.2) is 18.2 Å². The second-order valence-corrected chi connectivity index (χ2v) is 6.74. The van der Waals surface area contributed by atoms with E-state index in [-0.39, 0.29) is 5.91 Å². The van der Waals surface area contributed by atoms with E-state index < -0.39 is 0 Å². The molecule has 0 bridgehead atoms. The smallest absolute Gasteiger partial charge is 0.240 e. The van der Waals surface area contributed by atoms with Gasteiger partial charge in [0, 0.05) is 32.5 Å². The van der Waals surface area contributed by atoms with E-state index >= 15 is 0 Å². The van der Waals surface area contributed by atoms with Gasteiger partial charge in [-0.3, -0.25) is 9.69 Å². The average Bonchev–Trinajstić information content (AvgIpc) is 2.44. The van der Waals surface area contributed by atoms with Crippen molar-refractivity contribution in [3.05, 3.63) is 23.8 Å². The van der Waals surface area contributed by atoms with Crippen LogP contribution in [0.4, 0.5) is 11.4 Å². The molecule has 0 saturated carbocycles. The molecule has 0 unspecified atom stereocenters. The lowest BCUT2D eigenvalue weighted by molar-refractivity contribution is -0.119. The zero-order valence-electron chi connectivity index (χ0n) is 15.2. The molecule has 0 spiro atoms. The lowest BCUT2D eigenvalue weighted by atomic mass is 10.1. The summed E-state index contributed by atoms with van der Waals surface area (Å²) in [4.78, 5) is 18.4. The van der Waals surface area contributed by atoms with Crippen LogP contribution in [0, 0.1) is 12.8 Å². The van der Waals surface area contributed by atoms with Gasteiger partial charge < -0.3 is 9.80 Å². The second-order valence-electron chi connectivity index (χ2n) is 6.74. The molecule has 124 valence electrons. The molecule has 0 aliphatic carbocycles. The fraction of sp³-hybridized carbons (Fsp3) is 0.611. The molecule has 22 heavy (non-hydrogen) atoms. The van der Waals surface area contributed by atoms with Crippen LogP contribution in [0.3, 0.4) is 0 Å². The number of benzene rings is 1. The summed E-state index contributed by atoms with van der Waals surface area (Å²) in [7, 11) is 7.90. The summed E-state index contributed by atoms with van der Waals surface area (Å²) < 4.78 is 0. The summed E-state index contributed by atoms with van der Waals surface area (Å²) in [5.74, 6) is 0.787. The highest BCUT2D eigenvalue weighted by Gasteiger charge is 2.15. The molecule has 0 atom stereocenters. The van der Waals surface area contributed by atoms with Gasteiger partial charge in [-0.25, -0.2) is 0 Å². The molecule has 4 nitrogen and oxygen atoms in total. The molecule has 1 aromatic rings. The van der Waals surface area contributed by atoms with Crippen molar-refractivity contribution in [2.45, 2.75) is 27.2 Å². The van der Waals surface area contributed by atoms with Gasteiger partial charge >= 0.3 is 0 Å². The maximum atomic E-state index is 12.4. The van der Waals surface area contributed by atoms with Gasteiger partial charge in [-0.2, -0.15) is 0 Å². The summed E-state index contributed by atoms with van der Waals surface area (Å²) in [5, 5.41) is 0. The monoisotopic (exact) mass is 305 g/mol. The van der Waals surface area contributed by atoms with Crippen LogP contribution in [0.2, 0.25) is 0 Å². The lowest BCUT2D eigenvalue weighted by Crippen LogP contribution is -2.37. The van der Waals surface area contributed by atoms with E-state index in [9.17, 15) is 4.79 Å². The van der Waals surface area contributed by atoms with Crippen molar-refractivity contribution in [3.63, 3.8) is 0 Å². The molecule has 0 aromatic heterocycles. The van der Waals surface area contributed by atoms with Gasteiger partial charge in [-0.15, -0.1) is 0 Å². The normalized spacial score (nSPS) is 11.1. The highest BCUT2D eigenvalue weighted by Crippen LogP contribution is 2.24. The SMILES string of the molecule is Cc1ccc(N(C)C(=O)CN(C)CCC(C)C)cc1N(C)C. The van der Waals surface area contributed by atoms with Gasteiger partial charge in [0.1, 0.15) is 0 Å². The molecule has 0 saturated heterocycles. The van der Waals surface area contributed by atoms with Gasteiger partial charge in [-0.05, 0) is 50.6 Å². The Morgan fingerprint density at radius 1 is 1.14 bits per heavy atom. The number of nitrogens with zero attached hydrogens (tertiary/aromatic N) is 3. The molecule has 4 heteroatoms. The number of hydrogen-bond acceptors (Lipinski definition) is 3. The first kappa shape index (κ1) is 18.5. The maximum absolute atomic E-state index is 12.4. The Morgan fingerprint density at radius 3 is 2.32 bits per heavy atom. The number of amides is 1. The number of likely N-dealkylation sites (N-methyl/N-ethyl adjacent to an activating group) is 2. The lowest BCUT2D eigenvalue weighted by Gasteiger charge is -2.24. The summed E-state index contributed by atoms with van der Waals surface area (Å²) in [6.07, 6.45) is 1.11. The number of aryl methyl sites for hydroxylation is 1. The van der Waals surface area contributed by atoms with Crippen LogP contribution in [-0.4, -0.2) is 52.1 Å². The highest BCUT2D eigenvalue weighted by molar-refractivity contribution is 5.94. The van der Waals surface area contributed by atoms with E-state index in [4.69, 9.17) is 0 Å². The number of carbonyl (C=O) groups is 1. The Morgan fingerprint density at radius 2 is 1.77 bits per heavy atom. The third kappa shape index (κ3) is 5.34. The van der Waals surface area contributed by atoms with Gasteiger partial charge in [0.2, 0.25) is 5.91 Å². The van der Waals surface area contributed by atoms with E-state index in [2.05, 4.69) is 42.7 Å². The molecular weight excluding hydrogens is 274 g/mol. The summed E-state index contributed by atoms with van der Waals surface area (Å²) in [5.41, 5.74) is 3.30. The Labute approximate surface area is 135 Å². The molecule has 0 fully saturated rings. The minimum atomic E-state index is 0.125.